The summed E-state index contributed by atoms with van der Waals surface area (Å²) < 4.78 is 42.9. The minimum Gasteiger partial charge on any atom is -0.493 e. The molecule has 5 nitrogen and oxygen atoms in total. The van der Waals surface area contributed by atoms with Gasteiger partial charge in [0.2, 0.25) is 0 Å². The van der Waals surface area contributed by atoms with Crippen LogP contribution in [-0.4, -0.2) is 34.9 Å². The lowest BCUT2D eigenvalue weighted by atomic mass is 9.91. The van der Waals surface area contributed by atoms with E-state index in [1.165, 1.54) is 0 Å². The molecule has 8 heteroatoms. The predicted molar refractivity (Wildman–Crippen MR) is 143 cm³/mol. The van der Waals surface area contributed by atoms with Gasteiger partial charge in [-0.1, -0.05) is 54.6 Å². The molecule has 0 aliphatic rings. The Hall–Kier alpha value is -4.07. The fourth-order valence-corrected chi connectivity index (χ4v) is 4.12. The van der Waals surface area contributed by atoms with Crippen molar-refractivity contribution in [1.82, 2.24) is 0 Å². The van der Waals surface area contributed by atoms with Crippen molar-refractivity contribution in [3.05, 3.63) is 107 Å². The molecule has 0 aliphatic heterocycles. The molecule has 0 saturated carbocycles. The lowest BCUT2D eigenvalue weighted by Crippen LogP contribution is -2.08. The van der Waals surface area contributed by atoms with Crippen LogP contribution in [0.4, 0.5) is 13.2 Å². The van der Waals surface area contributed by atoms with Crippen molar-refractivity contribution in [1.29, 1.82) is 0 Å². The van der Waals surface area contributed by atoms with Crippen molar-refractivity contribution in [3.63, 3.8) is 0 Å². The fraction of sp³-hybridized carbons (Fsp3) is 0.290. The maximum absolute atomic E-state index is 12.4. The van der Waals surface area contributed by atoms with Crippen LogP contribution >= 0.6 is 0 Å². The van der Waals surface area contributed by atoms with Crippen molar-refractivity contribution < 1.29 is 37.7 Å². The highest BCUT2D eigenvalue weighted by atomic mass is 19.4. The Balaban J connectivity index is 1.70. The topological polar surface area (TPSA) is 83.8 Å². The van der Waals surface area contributed by atoms with Crippen LogP contribution in [0.15, 0.2) is 78.9 Å². The van der Waals surface area contributed by atoms with Crippen molar-refractivity contribution in [2.24, 2.45) is 5.92 Å². The molecule has 0 aliphatic carbocycles. The minimum atomic E-state index is -4.16. The maximum Gasteiger partial charge on any atom is 0.389 e. The number of hydrogen-bond acceptors (Lipinski definition) is 3. The number of aryl methyl sites for hydroxylation is 1. The minimum absolute atomic E-state index is 0.0116. The van der Waals surface area contributed by atoms with E-state index in [0.717, 1.165) is 23.1 Å². The molecule has 0 heterocycles. The molecule has 3 aromatic carbocycles. The fourth-order valence-electron chi connectivity index (χ4n) is 4.12. The zero-order valence-corrected chi connectivity index (χ0v) is 21.4. The molecule has 1 unspecified atom stereocenters. The Bertz CT molecular complexity index is 1250. The van der Waals surface area contributed by atoms with Crippen LogP contribution in [0.1, 0.15) is 63.1 Å². The van der Waals surface area contributed by atoms with Gasteiger partial charge in [0.25, 0.3) is 0 Å². The average Bonchev–Trinajstić information content (AvgIpc) is 2.90. The van der Waals surface area contributed by atoms with Crippen LogP contribution in [0.25, 0.3) is 6.08 Å². The smallest absolute Gasteiger partial charge is 0.389 e. The Morgan fingerprint density at radius 2 is 1.41 bits per heavy atom. The molecule has 0 radical (unpaired) electrons. The highest BCUT2D eigenvalue weighted by molar-refractivity contribution is 5.88. The SMILES string of the molecule is O=C(O)c1ccc(CCC(/C=C/c2ccccc2OCCCCC(F)(F)F)Cc2ccc(C(=O)O)cc2)cc1. The number of halogens is 3. The van der Waals surface area contributed by atoms with Gasteiger partial charge in [-0.3, -0.25) is 0 Å². The van der Waals surface area contributed by atoms with E-state index in [1.54, 1.807) is 54.6 Å². The summed E-state index contributed by atoms with van der Waals surface area (Å²) in [5.41, 5.74) is 3.23. The predicted octanol–water partition coefficient (Wildman–Crippen LogP) is 7.70. The first-order chi connectivity index (χ1) is 18.6. The first-order valence-electron chi connectivity index (χ1n) is 12.7. The van der Waals surface area contributed by atoms with Crippen LogP contribution in [0, 0.1) is 5.92 Å². The molecule has 2 N–H and O–H groups in total. The number of allylic oxidation sites excluding steroid dienone is 1. The highest BCUT2D eigenvalue weighted by Crippen LogP contribution is 2.25. The number of carboxylic acid groups (broad SMARTS) is 2. The van der Waals surface area contributed by atoms with E-state index in [1.807, 2.05) is 24.3 Å². The van der Waals surface area contributed by atoms with Gasteiger partial charge in [0.15, 0.2) is 0 Å². The number of unbranched alkanes of at least 4 members (excludes halogenated alkanes) is 1. The van der Waals surface area contributed by atoms with Gasteiger partial charge in [0, 0.05) is 12.0 Å². The summed E-state index contributed by atoms with van der Waals surface area (Å²) in [6.07, 6.45) is 1.43. The Kier molecular flexibility index (Phi) is 10.7. The van der Waals surface area contributed by atoms with Crippen LogP contribution in [0.2, 0.25) is 0 Å². The molecule has 39 heavy (non-hydrogen) atoms. The first-order valence-corrected chi connectivity index (χ1v) is 12.7. The van der Waals surface area contributed by atoms with Crippen molar-refractivity contribution >= 4 is 18.0 Å². The Labute approximate surface area is 225 Å². The van der Waals surface area contributed by atoms with Gasteiger partial charge in [0.1, 0.15) is 5.75 Å². The number of ether oxygens (including phenoxy) is 1. The zero-order valence-electron chi connectivity index (χ0n) is 21.4. The lowest BCUT2D eigenvalue weighted by Gasteiger charge is -2.15. The highest BCUT2D eigenvalue weighted by Gasteiger charge is 2.25. The number of alkyl halides is 3. The molecular weight excluding hydrogens is 509 g/mol. The molecule has 0 fully saturated rings. The Morgan fingerprint density at radius 1 is 0.821 bits per heavy atom. The molecule has 0 spiro atoms. The quantitative estimate of drug-likeness (QED) is 0.205. The van der Waals surface area contributed by atoms with E-state index in [4.69, 9.17) is 9.84 Å². The van der Waals surface area contributed by atoms with Gasteiger partial charge in [-0.25, -0.2) is 9.59 Å². The van der Waals surface area contributed by atoms with E-state index in [0.29, 0.717) is 25.0 Å². The number of aromatic carboxylic acids is 2. The van der Waals surface area contributed by atoms with E-state index < -0.39 is 24.5 Å². The van der Waals surface area contributed by atoms with Gasteiger partial charge in [-0.15, -0.1) is 0 Å². The van der Waals surface area contributed by atoms with Gasteiger partial charge in [-0.2, -0.15) is 13.2 Å². The van der Waals surface area contributed by atoms with Crippen LogP contribution in [0.5, 0.6) is 5.75 Å². The summed E-state index contributed by atoms with van der Waals surface area (Å²) in [5, 5.41) is 18.3. The molecule has 3 rings (SSSR count). The molecule has 1 atom stereocenters. The second kappa shape index (κ2) is 14.2. The zero-order chi connectivity index (χ0) is 28.3. The second-order valence-electron chi connectivity index (χ2n) is 9.32. The standard InChI is InChI=1S/C31H31F3O5/c32-31(33,34)19-3-4-20-39-28-6-2-1-5-25(28)14-11-23(21-24-12-17-27(18-13-24)30(37)38)8-7-22-9-15-26(16-10-22)29(35)36/h1-2,5-6,9-18,23H,3-4,7-8,19-21H2,(H,35,36)(H,37,38)/b14-11+. The van der Waals surface area contributed by atoms with E-state index in [9.17, 15) is 27.9 Å². The number of carbonyl (C=O) groups is 2. The number of hydrogen-bond donors (Lipinski definition) is 2. The van der Waals surface area contributed by atoms with Gasteiger partial charge in [-0.05, 0) is 79.5 Å². The summed E-state index contributed by atoms with van der Waals surface area (Å²) in [7, 11) is 0. The van der Waals surface area contributed by atoms with E-state index >= 15 is 0 Å². The molecule has 0 amide bonds. The lowest BCUT2D eigenvalue weighted by molar-refractivity contribution is -0.135. The van der Waals surface area contributed by atoms with E-state index in [-0.39, 0.29) is 30.1 Å². The molecular formula is C31H31F3O5. The van der Waals surface area contributed by atoms with Crippen LogP contribution in [0.3, 0.4) is 0 Å². The van der Waals surface area contributed by atoms with Crippen LogP contribution < -0.4 is 4.74 Å². The summed E-state index contributed by atoms with van der Waals surface area (Å²) in [6.45, 7) is 0.187. The molecule has 3 aromatic rings. The summed E-state index contributed by atoms with van der Waals surface area (Å²) in [6, 6.07) is 20.8. The molecule has 0 saturated heterocycles. The molecule has 0 aromatic heterocycles. The number of carboxylic acids is 2. The third kappa shape index (κ3) is 10.3. The van der Waals surface area contributed by atoms with Gasteiger partial charge < -0.3 is 14.9 Å². The van der Waals surface area contributed by atoms with E-state index in [2.05, 4.69) is 6.08 Å². The summed E-state index contributed by atoms with van der Waals surface area (Å²) in [4.78, 5) is 22.3. The van der Waals surface area contributed by atoms with Crippen LogP contribution in [-0.2, 0) is 12.8 Å². The van der Waals surface area contributed by atoms with Crippen molar-refractivity contribution in [2.75, 3.05) is 6.61 Å². The second-order valence-corrected chi connectivity index (χ2v) is 9.32. The van der Waals surface area contributed by atoms with Crippen molar-refractivity contribution in [3.8, 4) is 5.75 Å². The number of para-hydroxylation sites is 1. The molecule has 206 valence electrons. The molecule has 0 bridgehead atoms. The summed E-state index contributed by atoms with van der Waals surface area (Å²) >= 11 is 0. The van der Waals surface area contributed by atoms with Gasteiger partial charge >= 0.3 is 18.1 Å². The largest absolute Gasteiger partial charge is 0.493 e. The Morgan fingerprint density at radius 3 is 2.00 bits per heavy atom. The number of benzene rings is 3. The third-order valence-corrected chi connectivity index (χ3v) is 6.28. The normalized spacial score (nSPS) is 12.4. The third-order valence-electron chi connectivity index (χ3n) is 6.28. The van der Waals surface area contributed by atoms with Gasteiger partial charge in [0.05, 0.1) is 17.7 Å². The summed E-state index contributed by atoms with van der Waals surface area (Å²) in [5.74, 6) is -1.31. The number of rotatable bonds is 14. The monoisotopic (exact) mass is 540 g/mol. The first kappa shape index (κ1) is 29.5. The maximum atomic E-state index is 12.4. The van der Waals surface area contributed by atoms with Crippen molar-refractivity contribution in [2.45, 2.75) is 44.7 Å². The average molecular weight is 541 g/mol.